The predicted molar refractivity (Wildman–Crippen MR) is 40.4 cm³/mol. The van der Waals surface area contributed by atoms with E-state index in [1.165, 1.54) is 0 Å². The maximum atomic E-state index is 3.20. The van der Waals surface area contributed by atoms with E-state index in [-0.39, 0.29) is 0 Å². The average molecular weight is 157 g/mol. The third-order valence-corrected chi connectivity index (χ3v) is 1.35. The topological polar surface area (TPSA) is 36.1 Å². The first-order valence-corrected chi connectivity index (χ1v) is 3.91. The van der Waals surface area contributed by atoms with Crippen molar-refractivity contribution in [3.8, 4) is 0 Å². The monoisotopic (exact) mass is 157 g/mol. The van der Waals surface area contributed by atoms with E-state index >= 15 is 0 Å². The van der Waals surface area contributed by atoms with Gasteiger partial charge in [-0.15, -0.1) is 0 Å². The zero-order valence-corrected chi connectivity index (χ0v) is 7.33. The summed E-state index contributed by atoms with van der Waals surface area (Å²) in [5.74, 6) is 0. The minimum absolute atomic E-state index is 0.943. The second-order valence-electron chi connectivity index (χ2n) is 1.60. The van der Waals surface area contributed by atoms with Gasteiger partial charge in [0.15, 0.2) is 0 Å². The summed E-state index contributed by atoms with van der Waals surface area (Å²) in [6.07, 6.45) is 0. The molecule has 5 heteroatoms. The maximum absolute atomic E-state index is 3.20. The fraction of sp³-hybridized carbons (Fsp3) is 1.00. The molecule has 0 saturated carbocycles. The van der Waals surface area contributed by atoms with Gasteiger partial charge in [-0.1, -0.05) is 0 Å². The van der Waals surface area contributed by atoms with Crippen molar-refractivity contribution < 1.29 is 0 Å². The number of nitrogens with one attached hydrogen (secondary N) is 3. The van der Waals surface area contributed by atoms with Crippen molar-refractivity contribution in [3.63, 3.8) is 0 Å². The second-order valence-corrected chi connectivity index (χ2v) is 2.31. The van der Waals surface area contributed by atoms with Crippen molar-refractivity contribution in [2.75, 3.05) is 26.2 Å². The van der Waals surface area contributed by atoms with Gasteiger partial charge in [-0.05, 0) is 0 Å². The van der Waals surface area contributed by atoms with Crippen molar-refractivity contribution in [2.45, 2.75) is 0 Å². The van der Waals surface area contributed by atoms with Crippen molar-refractivity contribution in [2.24, 2.45) is 0 Å². The fourth-order valence-corrected chi connectivity index (χ4v) is 0.677. The van der Waals surface area contributed by atoms with Crippen LogP contribution in [0.1, 0.15) is 0 Å². The van der Waals surface area contributed by atoms with Crippen LogP contribution >= 0.6 is 0 Å². The highest BCUT2D eigenvalue weighted by molar-refractivity contribution is 6.04. The standard InChI is InChI=1S/C4H11N3Si2/c8-6-3-1-5-2-4-7-9/h5-7H,1-4H2. The van der Waals surface area contributed by atoms with E-state index in [0.29, 0.717) is 0 Å². The molecule has 0 aliphatic rings. The van der Waals surface area contributed by atoms with Crippen LogP contribution in [0.3, 0.4) is 0 Å². The van der Waals surface area contributed by atoms with Gasteiger partial charge in [-0.2, -0.15) is 0 Å². The molecule has 3 N–H and O–H groups in total. The van der Waals surface area contributed by atoms with Gasteiger partial charge in [0.25, 0.3) is 0 Å². The van der Waals surface area contributed by atoms with Crippen LogP contribution in [0.15, 0.2) is 0 Å². The van der Waals surface area contributed by atoms with Crippen LogP contribution in [-0.4, -0.2) is 47.0 Å². The fourth-order valence-electron chi connectivity index (χ4n) is 0.427. The molecule has 9 heavy (non-hydrogen) atoms. The molecule has 0 unspecified atom stereocenters. The molecule has 50 valence electrons. The molecule has 0 aliphatic heterocycles. The zero-order chi connectivity index (χ0) is 6.95. The van der Waals surface area contributed by atoms with Gasteiger partial charge in [0.05, 0.1) is 0 Å². The molecule has 6 radical (unpaired) electrons. The van der Waals surface area contributed by atoms with Crippen LogP contribution in [-0.2, 0) is 0 Å². The smallest absolute Gasteiger partial charge is 0.140 e. The minimum Gasteiger partial charge on any atom is -0.339 e. The highest BCUT2D eigenvalue weighted by Crippen LogP contribution is 1.55. The lowest BCUT2D eigenvalue weighted by molar-refractivity contribution is 0.668. The third kappa shape index (κ3) is 8.31. The van der Waals surface area contributed by atoms with Gasteiger partial charge in [0.2, 0.25) is 0 Å². The second kappa shape index (κ2) is 8.31. The van der Waals surface area contributed by atoms with E-state index in [1.54, 1.807) is 0 Å². The normalized spacial score (nSPS) is 10.0. The largest absolute Gasteiger partial charge is 0.339 e. The van der Waals surface area contributed by atoms with E-state index < -0.39 is 0 Å². The van der Waals surface area contributed by atoms with Crippen molar-refractivity contribution >= 4 is 20.8 Å². The summed E-state index contributed by atoms with van der Waals surface area (Å²) in [5.41, 5.74) is 0. The lowest BCUT2D eigenvalue weighted by Gasteiger charge is -2.01. The molecule has 0 aliphatic carbocycles. The Morgan fingerprint density at radius 1 is 0.778 bits per heavy atom. The Morgan fingerprint density at radius 2 is 1.22 bits per heavy atom. The van der Waals surface area contributed by atoms with Gasteiger partial charge >= 0.3 is 0 Å². The van der Waals surface area contributed by atoms with E-state index in [9.17, 15) is 0 Å². The molecule has 3 nitrogen and oxygen atoms in total. The number of hydrogen-bond donors (Lipinski definition) is 3. The Labute approximate surface area is 63.0 Å². The summed E-state index contributed by atoms with van der Waals surface area (Å²) >= 11 is 0. The maximum Gasteiger partial charge on any atom is 0.140 e. The minimum atomic E-state index is 0.943. The van der Waals surface area contributed by atoms with E-state index in [4.69, 9.17) is 0 Å². The van der Waals surface area contributed by atoms with Crippen LogP contribution in [0.25, 0.3) is 0 Å². The average Bonchev–Trinajstić information content (AvgIpc) is 1.89. The van der Waals surface area contributed by atoms with Crippen molar-refractivity contribution in [1.82, 2.24) is 15.3 Å². The van der Waals surface area contributed by atoms with Gasteiger partial charge < -0.3 is 15.3 Å². The molecule has 0 fully saturated rings. The first-order valence-electron chi connectivity index (χ1n) is 2.91. The third-order valence-electron chi connectivity index (χ3n) is 0.854. The van der Waals surface area contributed by atoms with Crippen LogP contribution in [0.5, 0.6) is 0 Å². The summed E-state index contributed by atoms with van der Waals surface area (Å²) in [6, 6.07) is 0. The summed E-state index contributed by atoms with van der Waals surface area (Å²) in [7, 11) is 6.29. The molecule has 0 amide bonds. The molecular formula is C4H11N3Si2. The van der Waals surface area contributed by atoms with Crippen molar-refractivity contribution in [3.05, 3.63) is 0 Å². The lowest BCUT2D eigenvalue weighted by atomic mass is 10.6. The number of hydrogen-bond acceptors (Lipinski definition) is 3. The SMILES string of the molecule is [Si]NCCNCCN[Si]. The molecule has 0 rings (SSSR count). The van der Waals surface area contributed by atoms with E-state index in [0.717, 1.165) is 26.2 Å². The zero-order valence-electron chi connectivity index (χ0n) is 5.33. The molecule has 0 saturated heterocycles. The lowest BCUT2D eigenvalue weighted by Crippen LogP contribution is -2.31. The van der Waals surface area contributed by atoms with Gasteiger partial charge in [0.1, 0.15) is 20.8 Å². The van der Waals surface area contributed by atoms with Crippen LogP contribution < -0.4 is 15.3 Å². The van der Waals surface area contributed by atoms with Crippen LogP contribution in [0, 0.1) is 0 Å². The van der Waals surface area contributed by atoms with Crippen LogP contribution in [0.4, 0.5) is 0 Å². The Balaban J connectivity index is 2.60. The molecule has 0 aromatic rings. The molecule has 0 aromatic heterocycles. The Morgan fingerprint density at radius 3 is 1.56 bits per heavy atom. The summed E-state index contributed by atoms with van der Waals surface area (Å²) < 4.78 is 0. The predicted octanol–water partition coefficient (Wildman–Crippen LogP) is -2.08. The van der Waals surface area contributed by atoms with E-state index in [2.05, 4.69) is 36.1 Å². The molecule has 0 bridgehead atoms. The summed E-state index contributed by atoms with van der Waals surface area (Å²) in [5, 5.41) is 3.20. The van der Waals surface area contributed by atoms with Gasteiger partial charge in [0, 0.05) is 26.2 Å². The highest BCUT2D eigenvalue weighted by Gasteiger charge is 1.81. The van der Waals surface area contributed by atoms with Gasteiger partial charge in [-0.3, -0.25) is 0 Å². The van der Waals surface area contributed by atoms with Gasteiger partial charge in [-0.25, -0.2) is 0 Å². The Kier molecular flexibility index (Phi) is 8.60. The van der Waals surface area contributed by atoms with E-state index in [1.807, 2.05) is 0 Å². The molecule has 0 atom stereocenters. The summed E-state index contributed by atoms with van der Waals surface area (Å²) in [4.78, 5) is 5.71. The molecule has 0 spiro atoms. The quantitative estimate of drug-likeness (QED) is 0.306. The first kappa shape index (κ1) is 9.31. The Hall–Kier alpha value is 0.314. The van der Waals surface area contributed by atoms with Crippen molar-refractivity contribution in [1.29, 1.82) is 0 Å². The Bertz CT molecular complexity index is 47.1. The molecule has 0 heterocycles. The molecular weight excluding hydrogens is 146 g/mol. The summed E-state index contributed by atoms with van der Waals surface area (Å²) in [6.45, 7) is 3.85. The highest BCUT2D eigenvalue weighted by atomic mass is 28.2. The number of rotatable bonds is 6. The van der Waals surface area contributed by atoms with Crippen LogP contribution in [0.2, 0.25) is 0 Å². The molecule has 0 aromatic carbocycles. The first-order chi connectivity index (χ1) is 4.41.